The van der Waals surface area contributed by atoms with E-state index in [0.29, 0.717) is 17.7 Å². The fraction of sp³-hybridized carbons (Fsp3) is 0.0909. The molecule has 12 heteroatoms. The number of furan rings is 1. The van der Waals surface area contributed by atoms with Gasteiger partial charge in [-0.1, -0.05) is 29.3 Å². The maximum Gasteiger partial charge on any atom is 0.416 e. The fourth-order valence-corrected chi connectivity index (χ4v) is 3.40. The van der Waals surface area contributed by atoms with Gasteiger partial charge in [-0.05, 0) is 42.5 Å². The van der Waals surface area contributed by atoms with Gasteiger partial charge >= 0.3 is 12.4 Å². The Hall–Kier alpha value is -3.42. The Kier molecular flexibility index (Phi) is 7.00. The Labute approximate surface area is 198 Å². The van der Waals surface area contributed by atoms with Gasteiger partial charge in [-0.3, -0.25) is 4.79 Å². The van der Waals surface area contributed by atoms with Gasteiger partial charge in [-0.25, -0.2) is 0 Å². The van der Waals surface area contributed by atoms with Crippen molar-refractivity contribution >= 4 is 40.9 Å². The molecule has 1 aromatic heterocycles. The molecule has 1 amide bonds. The van der Waals surface area contributed by atoms with Crippen LogP contribution in [0.15, 0.2) is 58.5 Å². The molecular weight excluding hydrogens is 509 g/mol. The van der Waals surface area contributed by atoms with E-state index in [1.807, 2.05) is 5.32 Å². The lowest BCUT2D eigenvalue weighted by atomic mass is 10.1. The van der Waals surface area contributed by atoms with Crippen LogP contribution in [0.1, 0.15) is 16.9 Å². The smallest absolute Gasteiger partial charge is 0.416 e. The van der Waals surface area contributed by atoms with Crippen molar-refractivity contribution in [3.05, 3.63) is 81.0 Å². The van der Waals surface area contributed by atoms with Crippen LogP contribution >= 0.6 is 23.2 Å². The van der Waals surface area contributed by atoms with Crippen LogP contribution < -0.4 is 5.32 Å². The molecule has 0 saturated carbocycles. The van der Waals surface area contributed by atoms with Gasteiger partial charge < -0.3 is 9.73 Å². The molecule has 0 atom stereocenters. The van der Waals surface area contributed by atoms with Crippen LogP contribution in [0.25, 0.3) is 17.4 Å². The zero-order valence-electron chi connectivity index (χ0n) is 16.5. The van der Waals surface area contributed by atoms with Crippen LogP contribution in [0, 0.1) is 11.3 Å². The molecule has 0 radical (unpaired) electrons. The summed E-state index contributed by atoms with van der Waals surface area (Å²) in [4.78, 5) is 12.4. The molecule has 176 valence electrons. The number of nitrogens with one attached hydrogen (secondary N) is 1. The zero-order valence-corrected chi connectivity index (χ0v) is 18.0. The summed E-state index contributed by atoms with van der Waals surface area (Å²) in [6.07, 6.45) is -9.24. The van der Waals surface area contributed by atoms with Crippen molar-refractivity contribution < 1.29 is 35.6 Å². The third kappa shape index (κ3) is 5.73. The van der Waals surface area contributed by atoms with Gasteiger partial charge in [0, 0.05) is 11.8 Å². The Bertz CT molecular complexity index is 1270. The number of amides is 1. The van der Waals surface area contributed by atoms with Crippen LogP contribution in [0.3, 0.4) is 0 Å². The van der Waals surface area contributed by atoms with E-state index in [1.165, 1.54) is 18.2 Å². The van der Waals surface area contributed by atoms with Crippen LogP contribution in [-0.4, -0.2) is 5.91 Å². The molecule has 3 aromatic rings. The second kappa shape index (κ2) is 9.44. The van der Waals surface area contributed by atoms with Crippen molar-refractivity contribution in [2.75, 3.05) is 5.32 Å². The number of benzene rings is 2. The highest BCUT2D eigenvalue weighted by Gasteiger charge is 2.37. The molecule has 0 aliphatic heterocycles. The highest BCUT2D eigenvalue weighted by molar-refractivity contribution is 6.39. The molecule has 0 aliphatic rings. The van der Waals surface area contributed by atoms with E-state index in [0.717, 1.165) is 6.08 Å². The second-order valence-corrected chi connectivity index (χ2v) is 7.53. The van der Waals surface area contributed by atoms with Crippen LogP contribution in [0.2, 0.25) is 10.0 Å². The predicted octanol–water partition coefficient (Wildman–Crippen LogP) is 7.84. The van der Waals surface area contributed by atoms with Gasteiger partial charge in [0.25, 0.3) is 5.91 Å². The van der Waals surface area contributed by atoms with E-state index in [-0.39, 0.29) is 27.6 Å². The van der Waals surface area contributed by atoms with Crippen molar-refractivity contribution in [1.29, 1.82) is 5.26 Å². The van der Waals surface area contributed by atoms with Gasteiger partial charge in [0.1, 0.15) is 23.2 Å². The quantitative estimate of drug-likeness (QED) is 0.217. The van der Waals surface area contributed by atoms with Crippen molar-refractivity contribution in [3.63, 3.8) is 0 Å². The highest BCUT2D eigenvalue weighted by atomic mass is 35.5. The topological polar surface area (TPSA) is 66.0 Å². The van der Waals surface area contributed by atoms with Crippen molar-refractivity contribution in [2.45, 2.75) is 12.4 Å². The first kappa shape index (κ1) is 25.2. The number of hydrogen-bond acceptors (Lipinski definition) is 3. The van der Waals surface area contributed by atoms with Gasteiger partial charge in [-0.2, -0.15) is 31.6 Å². The Morgan fingerprint density at radius 3 is 2.00 bits per heavy atom. The van der Waals surface area contributed by atoms with E-state index in [9.17, 15) is 36.4 Å². The Morgan fingerprint density at radius 1 is 0.941 bits per heavy atom. The van der Waals surface area contributed by atoms with E-state index in [4.69, 9.17) is 27.6 Å². The predicted molar refractivity (Wildman–Crippen MR) is 113 cm³/mol. The van der Waals surface area contributed by atoms with Gasteiger partial charge in [0.05, 0.1) is 26.7 Å². The summed E-state index contributed by atoms with van der Waals surface area (Å²) >= 11 is 12.2. The van der Waals surface area contributed by atoms with Crippen molar-refractivity contribution in [3.8, 4) is 17.4 Å². The normalized spacial score (nSPS) is 12.4. The fourth-order valence-electron chi connectivity index (χ4n) is 2.81. The van der Waals surface area contributed by atoms with E-state index < -0.39 is 40.6 Å². The van der Waals surface area contributed by atoms with Gasteiger partial charge in [-0.15, -0.1) is 0 Å². The highest BCUT2D eigenvalue weighted by Crippen LogP contribution is 2.38. The first-order valence-corrected chi connectivity index (χ1v) is 9.82. The number of nitrogens with zero attached hydrogens (tertiary/aromatic N) is 1. The summed E-state index contributed by atoms with van der Waals surface area (Å²) < 4.78 is 83.6. The van der Waals surface area contributed by atoms with Crippen molar-refractivity contribution in [2.24, 2.45) is 0 Å². The lowest BCUT2D eigenvalue weighted by Crippen LogP contribution is -2.16. The SMILES string of the molecule is N#C/C(=C\c1ccc(-c2c(Cl)cccc2Cl)o1)C(=O)Nc1cc(C(F)(F)F)cc(C(F)(F)F)c1. The summed E-state index contributed by atoms with van der Waals surface area (Å²) in [5.41, 5.74) is -4.33. The minimum absolute atomic E-state index is 0.0160. The number of halogens is 8. The molecule has 0 fully saturated rings. The van der Waals surface area contributed by atoms with Crippen LogP contribution in [0.4, 0.5) is 32.0 Å². The average Bonchev–Trinajstić information content (AvgIpc) is 3.18. The molecule has 3 rings (SSSR count). The molecule has 2 aromatic carbocycles. The number of rotatable bonds is 4. The largest absolute Gasteiger partial charge is 0.457 e. The van der Waals surface area contributed by atoms with E-state index >= 15 is 0 Å². The summed E-state index contributed by atoms with van der Waals surface area (Å²) in [7, 11) is 0. The molecule has 34 heavy (non-hydrogen) atoms. The monoisotopic (exact) mass is 518 g/mol. The maximum atomic E-state index is 13.0. The zero-order chi connectivity index (χ0) is 25.3. The van der Waals surface area contributed by atoms with Crippen LogP contribution in [0.5, 0.6) is 0 Å². The summed E-state index contributed by atoms with van der Waals surface area (Å²) in [6, 6.07) is 9.63. The number of carbonyl (C=O) groups is 1. The molecule has 1 heterocycles. The molecule has 0 unspecified atom stereocenters. The lowest BCUT2D eigenvalue weighted by Gasteiger charge is -2.14. The number of nitriles is 1. The van der Waals surface area contributed by atoms with E-state index in [2.05, 4.69) is 0 Å². The molecule has 4 nitrogen and oxygen atoms in total. The maximum absolute atomic E-state index is 13.0. The number of hydrogen-bond donors (Lipinski definition) is 1. The Balaban J connectivity index is 1.92. The second-order valence-electron chi connectivity index (χ2n) is 6.72. The third-order valence-electron chi connectivity index (χ3n) is 4.33. The minimum Gasteiger partial charge on any atom is -0.457 e. The minimum atomic E-state index is -5.10. The molecule has 0 saturated heterocycles. The van der Waals surface area contributed by atoms with Gasteiger partial charge in [0.2, 0.25) is 0 Å². The number of alkyl halides is 6. The lowest BCUT2D eigenvalue weighted by molar-refractivity contribution is -0.143. The molecular formula is C22H10Cl2F6N2O2. The first-order valence-electron chi connectivity index (χ1n) is 9.06. The Morgan fingerprint density at radius 2 is 1.50 bits per heavy atom. The van der Waals surface area contributed by atoms with Crippen molar-refractivity contribution in [1.82, 2.24) is 0 Å². The number of anilines is 1. The summed E-state index contributed by atoms with van der Waals surface area (Å²) in [5.74, 6) is -1.06. The molecule has 0 spiro atoms. The molecule has 0 bridgehead atoms. The van der Waals surface area contributed by atoms with Crippen LogP contribution in [-0.2, 0) is 17.1 Å². The average molecular weight is 519 g/mol. The standard InChI is InChI=1S/C22H10Cl2F6N2O2/c23-16-2-1-3-17(24)19(16)18-5-4-15(34-18)6-11(10-31)20(33)32-14-8-12(21(25,26)27)7-13(9-14)22(28,29)30/h1-9H,(H,32,33)/b11-6+. The van der Waals surface area contributed by atoms with Gasteiger partial charge in [0.15, 0.2) is 0 Å². The van der Waals surface area contributed by atoms with E-state index in [1.54, 1.807) is 18.2 Å². The molecule has 0 aliphatic carbocycles. The first-order chi connectivity index (χ1) is 15.8. The summed E-state index contributed by atoms with van der Waals surface area (Å²) in [6.45, 7) is 0. The number of carbonyl (C=O) groups excluding carboxylic acids is 1. The molecule has 1 N–H and O–H groups in total. The third-order valence-corrected chi connectivity index (χ3v) is 4.96. The summed E-state index contributed by atoms with van der Waals surface area (Å²) in [5, 5.41) is 11.7.